The van der Waals surface area contributed by atoms with E-state index in [-0.39, 0.29) is 30.3 Å². The van der Waals surface area contributed by atoms with E-state index >= 15 is 0 Å². The van der Waals surface area contributed by atoms with Gasteiger partial charge in [0.25, 0.3) is 0 Å². The Balaban J connectivity index is 2.53. The summed E-state index contributed by atoms with van der Waals surface area (Å²) in [6.45, 7) is 3.17. The Hall–Kier alpha value is -1.10. The van der Waals surface area contributed by atoms with Crippen molar-refractivity contribution in [1.82, 2.24) is 15.1 Å². The molecule has 0 radical (unpaired) electrons. The molecule has 0 saturated carbocycles. The zero-order valence-electron chi connectivity index (χ0n) is 11.2. The fraction of sp³-hybridized carbons (Fsp3) is 0.833. The van der Waals surface area contributed by atoms with Crippen molar-refractivity contribution in [2.45, 2.75) is 25.8 Å². The predicted octanol–water partition coefficient (Wildman–Crippen LogP) is -0.0789. The maximum Gasteiger partial charge on any atom is 0.241 e. The molecule has 2 amide bonds. The van der Waals surface area contributed by atoms with Gasteiger partial charge in [0.2, 0.25) is 11.8 Å². The van der Waals surface area contributed by atoms with Gasteiger partial charge >= 0.3 is 0 Å². The summed E-state index contributed by atoms with van der Waals surface area (Å²) in [6, 6.07) is 0.202. The van der Waals surface area contributed by atoms with Crippen LogP contribution in [0.3, 0.4) is 0 Å². The summed E-state index contributed by atoms with van der Waals surface area (Å²) in [7, 11) is 5.10. The normalized spacial score (nSPS) is 24.2. The first kappa shape index (κ1) is 14.0. The summed E-state index contributed by atoms with van der Waals surface area (Å²) in [4.78, 5) is 26.8. The van der Waals surface area contributed by atoms with Gasteiger partial charge in [-0.05, 0) is 26.3 Å². The highest BCUT2D eigenvalue weighted by Crippen LogP contribution is 2.18. The molecule has 1 heterocycles. The van der Waals surface area contributed by atoms with Gasteiger partial charge in [-0.3, -0.25) is 9.59 Å². The molecule has 98 valence electrons. The van der Waals surface area contributed by atoms with Crippen LogP contribution >= 0.6 is 0 Å². The van der Waals surface area contributed by atoms with Crippen molar-refractivity contribution in [1.29, 1.82) is 0 Å². The van der Waals surface area contributed by atoms with Crippen molar-refractivity contribution in [2.24, 2.45) is 5.92 Å². The largest absolute Gasteiger partial charge is 0.347 e. The lowest BCUT2D eigenvalue weighted by Gasteiger charge is -2.32. The highest BCUT2D eigenvalue weighted by molar-refractivity contribution is 5.85. The molecule has 0 aliphatic carbocycles. The second kappa shape index (κ2) is 6.00. The van der Waals surface area contributed by atoms with Crippen LogP contribution in [0.5, 0.6) is 0 Å². The molecule has 17 heavy (non-hydrogen) atoms. The van der Waals surface area contributed by atoms with Gasteiger partial charge < -0.3 is 15.1 Å². The van der Waals surface area contributed by atoms with Gasteiger partial charge in [0.1, 0.15) is 0 Å². The van der Waals surface area contributed by atoms with Crippen LogP contribution in [0, 0.1) is 5.92 Å². The summed E-state index contributed by atoms with van der Waals surface area (Å²) < 4.78 is 0. The molecule has 2 unspecified atom stereocenters. The molecule has 1 rings (SSSR count). The molecule has 0 aromatic rings. The first-order valence-corrected chi connectivity index (χ1v) is 6.12. The van der Waals surface area contributed by atoms with Crippen molar-refractivity contribution < 1.29 is 9.59 Å². The molecule has 1 fully saturated rings. The Morgan fingerprint density at radius 2 is 1.94 bits per heavy atom. The number of likely N-dealkylation sites (N-methyl/N-ethyl adjacent to an activating group) is 2. The minimum absolute atomic E-state index is 0.00344. The van der Waals surface area contributed by atoms with E-state index in [9.17, 15) is 9.59 Å². The van der Waals surface area contributed by atoms with Crippen LogP contribution in [0.4, 0.5) is 0 Å². The SMILES string of the molecule is CC1NCCCC1C(=O)N(C)CC(=O)N(C)C. The number of carbonyl (C=O) groups is 2. The number of carbonyl (C=O) groups excluding carboxylic acids is 2. The number of hydrogen-bond donors (Lipinski definition) is 1. The van der Waals surface area contributed by atoms with E-state index in [2.05, 4.69) is 5.32 Å². The van der Waals surface area contributed by atoms with Gasteiger partial charge in [0.05, 0.1) is 12.5 Å². The maximum absolute atomic E-state index is 12.2. The van der Waals surface area contributed by atoms with E-state index < -0.39 is 0 Å². The molecule has 5 nitrogen and oxygen atoms in total. The van der Waals surface area contributed by atoms with Crippen LogP contribution in [-0.2, 0) is 9.59 Å². The van der Waals surface area contributed by atoms with Crippen LogP contribution in [0.15, 0.2) is 0 Å². The third-order valence-corrected chi connectivity index (χ3v) is 3.33. The van der Waals surface area contributed by atoms with Gasteiger partial charge in [-0.1, -0.05) is 0 Å². The molecule has 1 saturated heterocycles. The molecule has 0 spiro atoms. The van der Waals surface area contributed by atoms with Crippen LogP contribution in [0.1, 0.15) is 19.8 Å². The van der Waals surface area contributed by atoms with Gasteiger partial charge in [-0.15, -0.1) is 0 Å². The number of rotatable bonds is 3. The predicted molar refractivity (Wildman–Crippen MR) is 66.5 cm³/mol. The summed E-state index contributed by atoms with van der Waals surface area (Å²) in [6.07, 6.45) is 1.93. The van der Waals surface area contributed by atoms with E-state index in [0.29, 0.717) is 0 Å². The standard InChI is InChI=1S/C12H23N3O2/c1-9-10(6-5-7-13-9)12(17)15(4)8-11(16)14(2)3/h9-10,13H,5-8H2,1-4H3. The zero-order chi connectivity index (χ0) is 13.0. The molecule has 0 aromatic carbocycles. The van der Waals surface area contributed by atoms with Crippen molar-refractivity contribution in [3.05, 3.63) is 0 Å². The summed E-state index contributed by atoms with van der Waals surface area (Å²) in [5, 5.41) is 3.30. The molecule has 0 aromatic heterocycles. The topological polar surface area (TPSA) is 52.7 Å². The Kier molecular flexibility index (Phi) is 4.93. The monoisotopic (exact) mass is 241 g/mol. The summed E-state index contributed by atoms with van der Waals surface area (Å²) in [5.41, 5.74) is 0. The average Bonchev–Trinajstić information content (AvgIpc) is 2.28. The average molecular weight is 241 g/mol. The second-order valence-electron chi connectivity index (χ2n) is 4.97. The Bertz CT molecular complexity index is 291. The molecule has 1 N–H and O–H groups in total. The van der Waals surface area contributed by atoms with Crippen molar-refractivity contribution >= 4 is 11.8 Å². The van der Waals surface area contributed by atoms with E-state index in [1.165, 1.54) is 9.80 Å². The smallest absolute Gasteiger partial charge is 0.241 e. The number of nitrogens with zero attached hydrogens (tertiary/aromatic N) is 2. The number of hydrogen-bond acceptors (Lipinski definition) is 3. The molecule has 1 aliphatic rings. The lowest BCUT2D eigenvalue weighted by atomic mass is 9.91. The highest BCUT2D eigenvalue weighted by atomic mass is 16.2. The van der Waals surface area contributed by atoms with Gasteiger partial charge in [0, 0.05) is 27.2 Å². The van der Waals surface area contributed by atoms with Crippen LogP contribution in [0.25, 0.3) is 0 Å². The van der Waals surface area contributed by atoms with E-state index in [4.69, 9.17) is 0 Å². The third kappa shape index (κ3) is 3.70. The zero-order valence-corrected chi connectivity index (χ0v) is 11.2. The van der Waals surface area contributed by atoms with Gasteiger partial charge in [-0.25, -0.2) is 0 Å². The van der Waals surface area contributed by atoms with Crippen LogP contribution in [-0.4, -0.2) is 61.9 Å². The second-order valence-corrected chi connectivity index (χ2v) is 4.97. The Morgan fingerprint density at radius 1 is 1.29 bits per heavy atom. The highest BCUT2D eigenvalue weighted by Gasteiger charge is 2.30. The van der Waals surface area contributed by atoms with Crippen LogP contribution in [0.2, 0.25) is 0 Å². The summed E-state index contributed by atoms with van der Waals surface area (Å²) >= 11 is 0. The quantitative estimate of drug-likeness (QED) is 0.752. The molecular weight excluding hydrogens is 218 g/mol. The Morgan fingerprint density at radius 3 is 2.47 bits per heavy atom. The molecule has 0 bridgehead atoms. The molecule has 1 aliphatic heterocycles. The number of piperidine rings is 1. The third-order valence-electron chi connectivity index (χ3n) is 3.33. The minimum atomic E-state index is -0.0442. The fourth-order valence-corrected chi connectivity index (χ4v) is 2.09. The maximum atomic E-state index is 12.2. The van der Waals surface area contributed by atoms with E-state index in [1.807, 2.05) is 6.92 Å². The van der Waals surface area contributed by atoms with Gasteiger partial charge in [-0.2, -0.15) is 0 Å². The first-order valence-electron chi connectivity index (χ1n) is 6.12. The lowest BCUT2D eigenvalue weighted by molar-refractivity contribution is -0.141. The number of nitrogens with one attached hydrogen (secondary N) is 1. The van der Waals surface area contributed by atoms with Crippen molar-refractivity contribution in [3.8, 4) is 0 Å². The van der Waals surface area contributed by atoms with E-state index in [0.717, 1.165) is 19.4 Å². The van der Waals surface area contributed by atoms with Crippen molar-refractivity contribution in [3.63, 3.8) is 0 Å². The number of amides is 2. The van der Waals surface area contributed by atoms with Crippen molar-refractivity contribution in [2.75, 3.05) is 34.2 Å². The Labute approximate surface area is 103 Å². The van der Waals surface area contributed by atoms with Gasteiger partial charge in [0.15, 0.2) is 0 Å². The lowest BCUT2D eigenvalue weighted by Crippen LogP contribution is -2.49. The molecule has 5 heteroatoms. The minimum Gasteiger partial charge on any atom is -0.347 e. The van der Waals surface area contributed by atoms with E-state index in [1.54, 1.807) is 21.1 Å². The first-order chi connectivity index (χ1) is 7.93. The fourth-order valence-electron chi connectivity index (χ4n) is 2.09. The molecule has 2 atom stereocenters. The molecular formula is C12H23N3O2. The summed E-state index contributed by atoms with van der Waals surface area (Å²) in [5.74, 6) is 0.0286. The van der Waals surface area contributed by atoms with Crippen LogP contribution < -0.4 is 5.32 Å².